The van der Waals surface area contributed by atoms with Crippen LogP contribution in [-0.4, -0.2) is 30.6 Å². The Balaban J connectivity index is 2.80. The number of nitrogens with one attached hydrogen (secondary N) is 1. The van der Waals surface area contributed by atoms with Gasteiger partial charge in [0.15, 0.2) is 0 Å². The van der Waals surface area contributed by atoms with Gasteiger partial charge in [0.2, 0.25) is 0 Å². The smallest absolute Gasteiger partial charge is 0.00606 e. The summed E-state index contributed by atoms with van der Waals surface area (Å²) in [6, 6.07) is 0. The van der Waals surface area contributed by atoms with Gasteiger partial charge in [-0.2, -0.15) is 11.8 Å². The molecule has 0 saturated carbocycles. The van der Waals surface area contributed by atoms with Crippen molar-refractivity contribution in [2.24, 2.45) is 5.73 Å². The van der Waals surface area contributed by atoms with E-state index in [-0.39, 0.29) is 0 Å². The molecule has 0 atom stereocenters. The van der Waals surface area contributed by atoms with Crippen LogP contribution in [0.4, 0.5) is 0 Å². The molecule has 0 amide bonds. The van der Waals surface area contributed by atoms with Gasteiger partial charge in [0.25, 0.3) is 0 Å². The number of rotatable bonds is 7. The molecule has 0 spiro atoms. The van der Waals surface area contributed by atoms with E-state index in [4.69, 9.17) is 5.73 Å². The second-order valence-electron chi connectivity index (χ2n) is 2.81. The lowest BCUT2D eigenvalue weighted by Crippen LogP contribution is -2.21. The number of hydrogen-bond donors (Lipinski definition) is 2. The van der Waals surface area contributed by atoms with Crippen LogP contribution in [0.5, 0.6) is 0 Å². The van der Waals surface area contributed by atoms with Crippen molar-refractivity contribution in [1.82, 2.24) is 5.32 Å². The van der Waals surface area contributed by atoms with Crippen molar-refractivity contribution in [2.75, 3.05) is 25.4 Å². The third kappa shape index (κ3) is 10.3. The average Bonchev–Trinajstić information content (AvgIpc) is 1.96. The summed E-state index contributed by atoms with van der Waals surface area (Å²) in [5.41, 5.74) is 5.35. The van der Waals surface area contributed by atoms with Crippen molar-refractivity contribution in [2.45, 2.75) is 25.5 Å². The molecular weight excluding hydrogens is 156 g/mol. The van der Waals surface area contributed by atoms with E-state index in [0.717, 1.165) is 31.3 Å². The molecule has 0 saturated heterocycles. The number of hydrogen-bond acceptors (Lipinski definition) is 3. The summed E-state index contributed by atoms with van der Waals surface area (Å²) in [5, 5.41) is 4.10. The minimum atomic E-state index is 0.756. The summed E-state index contributed by atoms with van der Waals surface area (Å²) in [6.45, 7) is 7.43. The molecule has 11 heavy (non-hydrogen) atoms. The molecule has 0 aliphatic carbocycles. The normalized spacial score (nSPS) is 10.9. The third-order valence-corrected chi connectivity index (χ3v) is 2.39. The lowest BCUT2D eigenvalue weighted by atomic mass is 10.4. The van der Waals surface area contributed by atoms with Crippen LogP contribution in [0.1, 0.15) is 20.3 Å². The minimum absolute atomic E-state index is 0.756. The first-order valence-electron chi connectivity index (χ1n) is 4.29. The van der Waals surface area contributed by atoms with E-state index in [1.165, 1.54) is 5.75 Å². The predicted molar refractivity (Wildman–Crippen MR) is 54.1 cm³/mol. The van der Waals surface area contributed by atoms with Gasteiger partial charge in [0.1, 0.15) is 0 Å². The fraction of sp³-hybridized carbons (Fsp3) is 1.00. The molecule has 68 valence electrons. The van der Waals surface area contributed by atoms with Gasteiger partial charge in [0, 0.05) is 12.3 Å². The Kier molecular flexibility index (Phi) is 8.57. The van der Waals surface area contributed by atoms with Gasteiger partial charge in [-0.1, -0.05) is 13.8 Å². The van der Waals surface area contributed by atoms with Gasteiger partial charge in [-0.05, 0) is 24.8 Å². The summed E-state index contributed by atoms with van der Waals surface area (Å²) in [5.74, 6) is 1.21. The van der Waals surface area contributed by atoms with Gasteiger partial charge < -0.3 is 11.1 Å². The van der Waals surface area contributed by atoms with E-state index in [9.17, 15) is 0 Å². The SMILES string of the molecule is CC(C)SCCNCCCN. The summed E-state index contributed by atoms with van der Waals surface area (Å²) in [6.07, 6.45) is 1.09. The van der Waals surface area contributed by atoms with Crippen LogP contribution in [0, 0.1) is 0 Å². The van der Waals surface area contributed by atoms with E-state index in [1.54, 1.807) is 0 Å². The highest BCUT2D eigenvalue weighted by molar-refractivity contribution is 7.99. The zero-order valence-corrected chi connectivity index (χ0v) is 8.41. The molecule has 0 bridgehead atoms. The van der Waals surface area contributed by atoms with Crippen LogP contribution in [0.2, 0.25) is 0 Å². The fourth-order valence-electron chi connectivity index (χ4n) is 0.719. The van der Waals surface area contributed by atoms with Crippen molar-refractivity contribution < 1.29 is 0 Å². The lowest BCUT2D eigenvalue weighted by Gasteiger charge is -2.05. The average molecular weight is 176 g/mol. The Labute approximate surface area is 74.3 Å². The summed E-state index contributed by atoms with van der Waals surface area (Å²) in [4.78, 5) is 0. The minimum Gasteiger partial charge on any atom is -0.330 e. The molecule has 0 aromatic carbocycles. The molecule has 3 N–H and O–H groups in total. The van der Waals surface area contributed by atoms with Crippen LogP contribution in [0.3, 0.4) is 0 Å². The first kappa shape index (κ1) is 11.3. The Bertz CT molecular complexity index is 76.5. The van der Waals surface area contributed by atoms with E-state index >= 15 is 0 Å². The van der Waals surface area contributed by atoms with Crippen molar-refractivity contribution in [3.05, 3.63) is 0 Å². The van der Waals surface area contributed by atoms with Gasteiger partial charge in [0.05, 0.1) is 0 Å². The van der Waals surface area contributed by atoms with Gasteiger partial charge in [-0.15, -0.1) is 0 Å². The topological polar surface area (TPSA) is 38.0 Å². The van der Waals surface area contributed by atoms with E-state index in [1.807, 2.05) is 11.8 Å². The Hall–Kier alpha value is 0.270. The second-order valence-corrected chi connectivity index (χ2v) is 4.50. The molecule has 2 nitrogen and oxygen atoms in total. The lowest BCUT2D eigenvalue weighted by molar-refractivity contribution is 0.682. The molecule has 0 fully saturated rings. The highest BCUT2D eigenvalue weighted by atomic mass is 32.2. The van der Waals surface area contributed by atoms with Crippen molar-refractivity contribution in [3.63, 3.8) is 0 Å². The van der Waals surface area contributed by atoms with Gasteiger partial charge in [-0.3, -0.25) is 0 Å². The zero-order chi connectivity index (χ0) is 8.53. The maximum absolute atomic E-state index is 5.35. The van der Waals surface area contributed by atoms with Crippen LogP contribution < -0.4 is 11.1 Å². The quantitative estimate of drug-likeness (QED) is 0.570. The van der Waals surface area contributed by atoms with Crippen LogP contribution in [0.25, 0.3) is 0 Å². The Morgan fingerprint density at radius 2 is 2.09 bits per heavy atom. The molecule has 0 aliphatic heterocycles. The highest BCUT2D eigenvalue weighted by Crippen LogP contribution is 2.06. The Morgan fingerprint density at radius 3 is 2.64 bits per heavy atom. The molecule has 0 rings (SSSR count). The molecule has 0 unspecified atom stereocenters. The Morgan fingerprint density at radius 1 is 1.36 bits per heavy atom. The van der Waals surface area contributed by atoms with Crippen molar-refractivity contribution in [3.8, 4) is 0 Å². The van der Waals surface area contributed by atoms with Crippen molar-refractivity contribution in [1.29, 1.82) is 0 Å². The van der Waals surface area contributed by atoms with Crippen LogP contribution in [0.15, 0.2) is 0 Å². The van der Waals surface area contributed by atoms with E-state index in [0.29, 0.717) is 0 Å². The van der Waals surface area contributed by atoms with Crippen LogP contribution >= 0.6 is 11.8 Å². The summed E-state index contributed by atoms with van der Waals surface area (Å²) < 4.78 is 0. The second kappa shape index (κ2) is 8.37. The zero-order valence-electron chi connectivity index (χ0n) is 7.60. The van der Waals surface area contributed by atoms with E-state index < -0.39 is 0 Å². The number of nitrogens with two attached hydrogens (primary N) is 1. The third-order valence-electron chi connectivity index (χ3n) is 1.29. The maximum Gasteiger partial charge on any atom is 0.00606 e. The largest absolute Gasteiger partial charge is 0.330 e. The molecule has 0 aromatic rings. The first-order valence-corrected chi connectivity index (χ1v) is 5.34. The molecule has 0 radical (unpaired) electrons. The molecule has 0 aromatic heterocycles. The van der Waals surface area contributed by atoms with Crippen molar-refractivity contribution >= 4 is 11.8 Å². The predicted octanol–water partition coefficient (Wildman–Crippen LogP) is 1.07. The fourth-order valence-corrected chi connectivity index (χ4v) is 1.45. The van der Waals surface area contributed by atoms with Gasteiger partial charge in [-0.25, -0.2) is 0 Å². The summed E-state index contributed by atoms with van der Waals surface area (Å²) in [7, 11) is 0. The number of thioether (sulfide) groups is 1. The monoisotopic (exact) mass is 176 g/mol. The van der Waals surface area contributed by atoms with E-state index in [2.05, 4.69) is 19.2 Å². The maximum atomic E-state index is 5.35. The summed E-state index contributed by atoms with van der Waals surface area (Å²) >= 11 is 2.00. The van der Waals surface area contributed by atoms with Crippen LogP contribution in [-0.2, 0) is 0 Å². The van der Waals surface area contributed by atoms with Gasteiger partial charge >= 0.3 is 0 Å². The molecule has 3 heteroatoms. The molecule has 0 heterocycles. The standard InChI is InChI=1S/C8H20N2S/c1-8(2)11-7-6-10-5-3-4-9/h8,10H,3-7,9H2,1-2H3. The first-order chi connectivity index (χ1) is 5.27. The highest BCUT2D eigenvalue weighted by Gasteiger charge is 1.92. The molecule has 0 aliphatic rings. The molecular formula is C8H20N2S.